The van der Waals surface area contributed by atoms with Crippen LogP contribution in [0.15, 0.2) is 22.7 Å². The van der Waals surface area contributed by atoms with Gasteiger partial charge in [0.05, 0.1) is 6.10 Å². The monoisotopic (exact) mass is 297 g/mol. The second-order valence-electron chi connectivity index (χ2n) is 5.04. The number of nitrogens with two attached hydrogens (primary N) is 1. The van der Waals surface area contributed by atoms with Gasteiger partial charge in [-0.2, -0.15) is 0 Å². The highest BCUT2D eigenvalue weighted by Gasteiger charge is 2.50. The molecule has 1 saturated carbocycles. The summed E-state index contributed by atoms with van der Waals surface area (Å²) in [7, 11) is 1.75. The predicted octanol–water partition coefficient (Wildman–Crippen LogP) is 2.78. The minimum atomic E-state index is -0.0894. The maximum absolute atomic E-state index is 6.23. The van der Waals surface area contributed by atoms with E-state index < -0.39 is 0 Å². The quantitative estimate of drug-likeness (QED) is 0.867. The molecule has 3 rings (SSSR count). The maximum atomic E-state index is 6.23. The summed E-state index contributed by atoms with van der Waals surface area (Å²) in [5.41, 5.74) is 7.25. The molecule has 2 aliphatic rings. The van der Waals surface area contributed by atoms with Gasteiger partial charge in [0.15, 0.2) is 0 Å². The van der Waals surface area contributed by atoms with Crippen molar-refractivity contribution in [2.24, 2.45) is 5.73 Å². The molecule has 17 heavy (non-hydrogen) atoms. The van der Waals surface area contributed by atoms with Crippen LogP contribution in [0, 0.1) is 0 Å². The van der Waals surface area contributed by atoms with E-state index in [1.54, 1.807) is 7.11 Å². The van der Waals surface area contributed by atoms with Crippen LogP contribution < -0.4 is 10.5 Å². The van der Waals surface area contributed by atoms with Crippen molar-refractivity contribution in [2.45, 2.75) is 37.0 Å². The van der Waals surface area contributed by atoms with Crippen LogP contribution in [0.3, 0.4) is 0 Å². The Morgan fingerprint density at radius 2 is 2.18 bits per heavy atom. The molecule has 1 aromatic carbocycles. The Bertz CT molecular complexity index is 443. The summed E-state index contributed by atoms with van der Waals surface area (Å²) in [4.78, 5) is 0. The van der Waals surface area contributed by atoms with Crippen molar-refractivity contribution < 1.29 is 9.47 Å². The summed E-state index contributed by atoms with van der Waals surface area (Å²) in [6.45, 7) is 0. The fourth-order valence-corrected chi connectivity index (χ4v) is 3.22. The van der Waals surface area contributed by atoms with Crippen LogP contribution >= 0.6 is 15.9 Å². The average molecular weight is 298 g/mol. The molecule has 0 bridgehead atoms. The van der Waals surface area contributed by atoms with E-state index in [2.05, 4.69) is 15.9 Å². The minimum absolute atomic E-state index is 0.0738. The van der Waals surface area contributed by atoms with Gasteiger partial charge in [0.2, 0.25) is 0 Å². The third kappa shape index (κ3) is 1.88. The highest BCUT2D eigenvalue weighted by atomic mass is 79.9. The van der Waals surface area contributed by atoms with Crippen molar-refractivity contribution in [1.82, 2.24) is 0 Å². The molecule has 4 heteroatoms. The van der Waals surface area contributed by atoms with Crippen LogP contribution in [0.25, 0.3) is 0 Å². The second-order valence-corrected chi connectivity index (χ2v) is 5.96. The van der Waals surface area contributed by atoms with Crippen molar-refractivity contribution in [2.75, 3.05) is 7.11 Å². The number of benzene rings is 1. The van der Waals surface area contributed by atoms with Gasteiger partial charge in [-0.15, -0.1) is 0 Å². The molecule has 1 fully saturated rings. The van der Waals surface area contributed by atoms with E-state index in [1.807, 2.05) is 18.2 Å². The first-order chi connectivity index (χ1) is 8.12. The molecule has 0 amide bonds. The van der Waals surface area contributed by atoms with E-state index in [4.69, 9.17) is 15.2 Å². The molecule has 1 spiro atoms. The topological polar surface area (TPSA) is 44.5 Å². The number of hydrogen-bond donors (Lipinski definition) is 1. The molecule has 1 aromatic rings. The van der Waals surface area contributed by atoms with Crippen molar-refractivity contribution in [3.8, 4) is 5.75 Å². The number of halogens is 1. The fraction of sp³-hybridized carbons (Fsp3) is 0.538. The van der Waals surface area contributed by atoms with E-state index in [1.165, 1.54) is 0 Å². The van der Waals surface area contributed by atoms with Gasteiger partial charge in [-0.05, 0) is 12.1 Å². The normalized spacial score (nSPS) is 35.0. The van der Waals surface area contributed by atoms with Crippen LogP contribution in [0.1, 0.15) is 30.9 Å². The van der Waals surface area contributed by atoms with Gasteiger partial charge in [-0.3, -0.25) is 0 Å². The molecule has 0 saturated heterocycles. The lowest BCUT2D eigenvalue weighted by molar-refractivity contribution is -0.124. The molecular formula is C13H16BrNO2. The summed E-state index contributed by atoms with van der Waals surface area (Å²) in [5.74, 6) is 0.924. The molecule has 1 aliphatic heterocycles. The zero-order valence-electron chi connectivity index (χ0n) is 9.78. The fourth-order valence-electron chi connectivity index (χ4n) is 2.88. The average Bonchev–Trinajstić information content (AvgIpc) is 2.24. The van der Waals surface area contributed by atoms with Crippen LogP contribution in [0.5, 0.6) is 5.75 Å². The number of fused-ring (bicyclic) bond motifs is 1. The first-order valence-corrected chi connectivity index (χ1v) is 6.68. The van der Waals surface area contributed by atoms with Gasteiger partial charge in [0, 0.05) is 42.5 Å². The third-order valence-electron chi connectivity index (χ3n) is 3.83. The van der Waals surface area contributed by atoms with Gasteiger partial charge >= 0.3 is 0 Å². The van der Waals surface area contributed by atoms with E-state index >= 15 is 0 Å². The van der Waals surface area contributed by atoms with E-state index in [0.29, 0.717) is 6.10 Å². The molecule has 1 aliphatic carbocycles. The lowest BCUT2D eigenvalue weighted by Gasteiger charge is -2.50. The van der Waals surface area contributed by atoms with E-state index in [-0.39, 0.29) is 11.6 Å². The Labute approximate surface area is 109 Å². The highest BCUT2D eigenvalue weighted by Crippen LogP contribution is 2.49. The summed E-state index contributed by atoms with van der Waals surface area (Å²) < 4.78 is 12.5. The Morgan fingerprint density at radius 1 is 1.41 bits per heavy atom. The highest BCUT2D eigenvalue weighted by molar-refractivity contribution is 9.10. The lowest BCUT2D eigenvalue weighted by atomic mass is 9.71. The van der Waals surface area contributed by atoms with Crippen molar-refractivity contribution in [3.63, 3.8) is 0 Å². The standard InChI is InChI=1S/C13H16BrNO2/c1-16-9-5-13(6-9)7-11(15)10-3-2-8(14)4-12(10)17-13/h2-4,9,11H,5-7,15H2,1H3/t9?,11-,13?/m1/s1. The second kappa shape index (κ2) is 3.97. The lowest BCUT2D eigenvalue weighted by Crippen LogP contribution is -2.55. The zero-order valence-corrected chi connectivity index (χ0v) is 11.4. The summed E-state index contributed by atoms with van der Waals surface area (Å²) in [6, 6.07) is 6.14. The number of rotatable bonds is 1. The van der Waals surface area contributed by atoms with Gasteiger partial charge in [0.25, 0.3) is 0 Å². The largest absolute Gasteiger partial charge is 0.487 e. The summed E-state index contributed by atoms with van der Waals surface area (Å²) >= 11 is 3.47. The van der Waals surface area contributed by atoms with Crippen molar-refractivity contribution >= 4 is 15.9 Å². The Hall–Kier alpha value is -0.580. The maximum Gasteiger partial charge on any atom is 0.126 e. The number of ether oxygens (including phenoxy) is 2. The smallest absolute Gasteiger partial charge is 0.126 e. The molecule has 0 unspecified atom stereocenters. The molecule has 1 heterocycles. The van der Waals surface area contributed by atoms with Gasteiger partial charge in [-0.1, -0.05) is 22.0 Å². The minimum Gasteiger partial charge on any atom is -0.487 e. The van der Waals surface area contributed by atoms with E-state index in [0.717, 1.165) is 35.0 Å². The molecule has 2 N–H and O–H groups in total. The molecule has 92 valence electrons. The van der Waals surface area contributed by atoms with Gasteiger partial charge in [0.1, 0.15) is 11.4 Å². The van der Waals surface area contributed by atoms with Gasteiger partial charge < -0.3 is 15.2 Å². The van der Waals surface area contributed by atoms with E-state index in [9.17, 15) is 0 Å². The SMILES string of the molecule is COC1CC2(C1)C[C@@H](N)c1ccc(Br)cc1O2. The number of hydrogen-bond acceptors (Lipinski definition) is 3. The molecule has 0 aromatic heterocycles. The number of methoxy groups -OCH3 is 1. The molecule has 0 radical (unpaired) electrons. The zero-order chi connectivity index (χ0) is 12.0. The van der Waals surface area contributed by atoms with Crippen LogP contribution in [0.2, 0.25) is 0 Å². The van der Waals surface area contributed by atoms with Crippen molar-refractivity contribution in [1.29, 1.82) is 0 Å². The van der Waals surface area contributed by atoms with Gasteiger partial charge in [-0.25, -0.2) is 0 Å². The summed E-state index contributed by atoms with van der Waals surface area (Å²) in [5, 5.41) is 0. The Kier molecular flexibility index (Phi) is 2.69. The Balaban J connectivity index is 1.88. The molecule has 1 atom stereocenters. The summed E-state index contributed by atoms with van der Waals surface area (Å²) in [6.07, 6.45) is 3.12. The molecule has 3 nitrogen and oxygen atoms in total. The third-order valence-corrected chi connectivity index (χ3v) is 4.32. The Morgan fingerprint density at radius 3 is 2.88 bits per heavy atom. The van der Waals surface area contributed by atoms with Crippen LogP contribution in [-0.4, -0.2) is 18.8 Å². The van der Waals surface area contributed by atoms with Crippen LogP contribution in [-0.2, 0) is 4.74 Å². The predicted molar refractivity (Wildman–Crippen MR) is 69.1 cm³/mol. The first kappa shape index (κ1) is 11.5. The van der Waals surface area contributed by atoms with Crippen molar-refractivity contribution in [3.05, 3.63) is 28.2 Å². The van der Waals surface area contributed by atoms with Crippen LogP contribution in [0.4, 0.5) is 0 Å². The molecular weight excluding hydrogens is 282 g/mol. The first-order valence-electron chi connectivity index (χ1n) is 5.89.